The summed E-state index contributed by atoms with van der Waals surface area (Å²) in [7, 11) is 0. The molecule has 0 aromatic carbocycles. The van der Waals surface area contributed by atoms with Crippen molar-refractivity contribution >= 4 is 11.9 Å². The normalized spacial score (nSPS) is 13.8. The molecule has 0 saturated carbocycles. The van der Waals surface area contributed by atoms with E-state index in [9.17, 15) is 9.59 Å². The van der Waals surface area contributed by atoms with Gasteiger partial charge in [-0.3, -0.25) is 9.59 Å². The van der Waals surface area contributed by atoms with Crippen LogP contribution in [0.3, 0.4) is 0 Å². The largest absolute Gasteiger partial charge is 0.465 e. The summed E-state index contributed by atoms with van der Waals surface area (Å²) in [5, 5.41) is 3.09. The SMILES string of the molecule is CCOC(=O)C(C(=O)NC(CC)(CC)CC)C(C)(C)C. The van der Waals surface area contributed by atoms with Crippen LogP contribution < -0.4 is 5.32 Å². The Kier molecular flexibility index (Phi) is 7.25. The highest BCUT2D eigenvalue weighted by atomic mass is 16.5. The number of hydrogen-bond acceptors (Lipinski definition) is 3. The highest BCUT2D eigenvalue weighted by Crippen LogP contribution is 2.29. The Morgan fingerprint density at radius 3 is 1.75 bits per heavy atom. The van der Waals surface area contributed by atoms with Gasteiger partial charge in [-0.1, -0.05) is 41.5 Å². The van der Waals surface area contributed by atoms with Gasteiger partial charge in [0.15, 0.2) is 0 Å². The predicted octanol–water partition coefficient (Wildman–Crippen LogP) is 3.30. The van der Waals surface area contributed by atoms with Gasteiger partial charge >= 0.3 is 5.97 Å². The summed E-state index contributed by atoms with van der Waals surface area (Å²) in [5.41, 5.74) is -0.690. The minimum Gasteiger partial charge on any atom is -0.465 e. The molecule has 118 valence electrons. The summed E-state index contributed by atoms with van der Waals surface area (Å²) >= 11 is 0. The number of ether oxygens (including phenoxy) is 1. The summed E-state index contributed by atoms with van der Waals surface area (Å²) in [6.07, 6.45) is 2.56. The second kappa shape index (κ2) is 7.65. The molecule has 0 bridgehead atoms. The number of rotatable bonds is 7. The zero-order valence-electron chi connectivity index (χ0n) is 14.1. The highest BCUT2D eigenvalue weighted by Gasteiger charge is 2.41. The van der Waals surface area contributed by atoms with Crippen molar-refractivity contribution in [3.8, 4) is 0 Å². The maximum absolute atomic E-state index is 12.6. The molecule has 0 spiro atoms. The molecule has 0 heterocycles. The van der Waals surface area contributed by atoms with E-state index in [1.54, 1.807) is 6.92 Å². The molecule has 4 nitrogen and oxygen atoms in total. The van der Waals surface area contributed by atoms with Crippen molar-refractivity contribution in [1.82, 2.24) is 5.32 Å². The predicted molar refractivity (Wildman–Crippen MR) is 81.3 cm³/mol. The minimum atomic E-state index is -0.772. The van der Waals surface area contributed by atoms with E-state index in [2.05, 4.69) is 26.1 Å². The molecule has 1 amide bonds. The molecule has 4 heteroatoms. The van der Waals surface area contributed by atoms with E-state index in [4.69, 9.17) is 4.74 Å². The van der Waals surface area contributed by atoms with Gasteiger partial charge in [0.2, 0.25) is 5.91 Å². The van der Waals surface area contributed by atoms with Crippen LogP contribution in [-0.2, 0) is 14.3 Å². The van der Waals surface area contributed by atoms with Gasteiger partial charge in [-0.15, -0.1) is 0 Å². The molecule has 0 aliphatic heterocycles. The number of hydrogen-bond donors (Lipinski definition) is 1. The fraction of sp³-hybridized carbons (Fsp3) is 0.875. The van der Waals surface area contributed by atoms with Crippen LogP contribution in [0.4, 0.5) is 0 Å². The third-order valence-corrected chi connectivity index (χ3v) is 4.07. The van der Waals surface area contributed by atoms with Crippen molar-refractivity contribution in [3.05, 3.63) is 0 Å². The van der Waals surface area contributed by atoms with Gasteiger partial charge in [-0.05, 0) is 31.6 Å². The first-order valence-electron chi connectivity index (χ1n) is 7.66. The van der Waals surface area contributed by atoms with Gasteiger partial charge in [0.05, 0.1) is 6.61 Å². The molecular formula is C16H31NO3. The van der Waals surface area contributed by atoms with Crippen LogP contribution in [0.2, 0.25) is 0 Å². The van der Waals surface area contributed by atoms with Crippen LogP contribution in [0, 0.1) is 11.3 Å². The minimum absolute atomic E-state index is 0.221. The van der Waals surface area contributed by atoms with Crippen molar-refractivity contribution in [2.45, 2.75) is 73.3 Å². The Morgan fingerprint density at radius 2 is 1.45 bits per heavy atom. The Morgan fingerprint density at radius 1 is 1.00 bits per heavy atom. The first-order chi connectivity index (χ1) is 9.17. The van der Waals surface area contributed by atoms with Gasteiger partial charge in [0, 0.05) is 5.54 Å². The van der Waals surface area contributed by atoms with E-state index in [0.717, 1.165) is 19.3 Å². The molecule has 0 radical (unpaired) electrons. The van der Waals surface area contributed by atoms with E-state index >= 15 is 0 Å². The fourth-order valence-electron chi connectivity index (χ4n) is 2.43. The van der Waals surface area contributed by atoms with Crippen molar-refractivity contribution < 1.29 is 14.3 Å². The van der Waals surface area contributed by atoms with Gasteiger partial charge in [-0.2, -0.15) is 0 Å². The lowest BCUT2D eigenvalue weighted by Crippen LogP contribution is -2.53. The highest BCUT2D eigenvalue weighted by molar-refractivity contribution is 5.98. The lowest BCUT2D eigenvalue weighted by atomic mass is 9.79. The second-order valence-electron chi connectivity index (χ2n) is 6.38. The van der Waals surface area contributed by atoms with E-state index < -0.39 is 17.3 Å². The Labute approximate surface area is 123 Å². The molecule has 0 aliphatic carbocycles. The number of carbonyl (C=O) groups excluding carboxylic acids is 2. The topological polar surface area (TPSA) is 55.4 Å². The van der Waals surface area contributed by atoms with Crippen LogP contribution in [0.5, 0.6) is 0 Å². The molecule has 0 fully saturated rings. The van der Waals surface area contributed by atoms with Crippen LogP contribution in [0.1, 0.15) is 67.7 Å². The van der Waals surface area contributed by atoms with E-state index in [-0.39, 0.29) is 11.4 Å². The van der Waals surface area contributed by atoms with Crippen LogP contribution in [0.15, 0.2) is 0 Å². The fourth-order valence-corrected chi connectivity index (χ4v) is 2.43. The molecule has 20 heavy (non-hydrogen) atoms. The molecule has 1 unspecified atom stereocenters. The maximum Gasteiger partial charge on any atom is 0.319 e. The molecule has 0 saturated heterocycles. The molecule has 0 aromatic rings. The third-order valence-electron chi connectivity index (χ3n) is 4.07. The molecular weight excluding hydrogens is 254 g/mol. The van der Waals surface area contributed by atoms with Gasteiger partial charge in [0.1, 0.15) is 5.92 Å². The monoisotopic (exact) mass is 285 g/mol. The Hall–Kier alpha value is -1.06. The lowest BCUT2D eigenvalue weighted by Gasteiger charge is -2.36. The van der Waals surface area contributed by atoms with Crippen molar-refractivity contribution in [2.75, 3.05) is 6.61 Å². The Bertz CT molecular complexity index is 319. The molecule has 0 aromatic heterocycles. The zero-order valence-corrected chi connectivity index (χ0v) is 14.1. The average Bonchev–Trinajstić information content (AvgIpc) is 2.35. The Balaban J connectivity index is 5.21. The first kappa shape index (κ1) is 18.9. The van der Waals surface area contributed by atoms with Gasteiger partial charge in [-0.25, -0.2) is 0 Å². The van der Waals surface area contributed by atoms with E-state index in [1.165, 1.54) is 0 Å². The summed E-state index contributed by atoms with van der Waals surface area (Å²) < 4.78 is 5.07. The summed E-state index contributed by atoms with van der Waals surface area (Å²) in [4.78, 5) is 24.7. The quantitative estimate of drug-likeness (QED) is 0.577. The average molecular weight is 285 g/mol. The van der Waals surface area contributed by atoms with Gasteiger partial charge < -0.3 is 10.1 Å². The summed E-state index contributed by atoms with van der Waals surface area (Å²) in [6.45, 7) is 13.9. The molecule has 0 rings (SSSR count). The van der Waals surface area contributed by atoms with E-state index in [0.29, 0.717) is 6.61 Å². The summed E-state index contributed by atoms with van der Waals surface area (Å²) in [6, 6.07) is 0. The van der Waals surface area contributed by atoms with Crippen molar-refractivity contribution in [1.29, 1.82) is 0 Å². The van der Waals surface area contributed by atoms with Crippen molar-refractivity contribution in [3.63, 3.8) is 0 Å². The van der Waals surface area contributed by atoms with E-state index in [1.807, 2.05) is 20.8 Å². The van der Waals surface area contributed by atoms with Crippen LogP contribution in [0.25, 0.3) is 0 Å². The molecule has 1 atom stereocenters. The molecule has 1 N–H and O–H groups in total. The smallest absolute Gasteiger partial charge is 0.319 e. The summed E-state index contributed by atoms with van der Waals surface area (Å²) in [5.74, 6) is -1.43. The third kappa shape index (κ3) is 4.80. The standard InChI is InChI=1S/C16H31NO3/c1-8-16(9-2,10-3)17-13(18)12(15(5,6)7)14(19)20-11-4/h12H,8-11H2,1-7H3,(H,17,18). The lowest BCUT2D eigenvalue weighted by molar-refractivity contribution is -0.157. The first-order valence-corrected chi connectivity index (χ1v) is 7.66. The zero-order chi connectivity index (χ0) is 16.0. The number of carbonyl (C=O) groups is 2. The van der Waals surface area contributed by atoms with Crippen LogP contribution in [-0.4, -0.2) is 24.0 Å². The number of nitrogens with one attached hydrogen (secondary N) is 1. The maximum atomic E-state index is 12.6. The molecule has 0 aliphatic rings. The van der Waals surface area contributed by atoms with Crippen LogP contribution >= 0.6 is 0 Å². The number of amides is 1. The van der Waals surface area contributed by atoms with Gasteiger partial charge in [0.25, 0.3) is 0 Å². The second-order valence-corrected chi connectivity index (χ2v) is 6.38. The van der Waals surface area contributed by atoms with Crippen molar-refractivity contribution in [2.24, 2.45) is 11.3 Å². The number of esters is 1.